The van der Waals surface area contributed by atoms with Crippen LogP contribution in [0, 0.1) is 0 Å². The summed E-state index contributed by atoms with van der Waals surface area (Å²) in [7, 11) is 1.70. The van der Waals surface area contributed by atoms with Crippen molar-refractivity contribution in [2.75, 3.05) is 18.5 Å². The Bertz CT molecular complexity index is 729. The van der Waals surface area contributed by atoms with Crippen molar-refractivity contribution >= 4 is 40.0 Å². The Morgan fingerprint density at radius 3 is 2.82 bits per heavy atom. The minimum atomic E-state index is 0.128. The van der Waals surface area contributed by atoms with E-state index in [0.717, 1.165) is 16.7 Å². The van der Waals surface area contributed by atoms with Crippen LogP contribution in [0.1, 0.15) is 5.56 Å². The van der Waals surface area contributed by atoms with Gasteiger partial charge < -0.3 is 9.55 Å². The van der Waals surface area contributed by atoms with Gasteiger partial charge in [-0.1, -0.05) is 52.3 Å². The fourth-order valence-corrected chi connectivity index (χ4v) is 3.64. The normalized spacial score (nSPS) is 13.5. The molecule has 1 aliphatic heterocycles. The summed E-state index contributed by atoms with van der Waals surface area (Å²) in [5.41, 5.74) is 3.63. The summed E-state index contributed by atoms with van der Waals surface area (Å²) in [6.45, 7) is 4.82. The van der Waals surface area contributed by atoms with Crippen LogP contribution in [0.3, 0.4) is 0 Å². The van der Waals surface area contributed by atoms with Crippen molar-refractivity contribution in [3.8, 4) is 5.75 Å². The third-order valence-electron chi connectivity index (χ3n) is 3.85. The summed E-state index contributed by atoms with van der Waals surface area (Å²) in [6.07, 6.45) is 4.13. The molecule has 0 radical (unpaired) electrons. The highest BCUT2D eigenvalue weighted by atomic mass is 79.9. The van der Waals surface area contributed by atoms with Gasteiger partial charge in [-0.15, -0.1) is 6.58 Å². The van der Waals surface area contributed by atoms with Crippen molar-refractivity contribution in [3.63, 3.8) is 0 Å². The molecule has 0 saturated carbocycles. The Morgan fingerprint density at radius 2 is 2.05 bits per heavy atom. The van der Waals surface area contributed by atoms with E-state index in [1.165, 1.54) is 16.7 Å². The van der Waals surface area contributed by atoms with E-state index in [9.17, 15) is 0 Å². The molecule has 0 fully saturated rings. The van der Waals surface area contributed by atoms with Crippen LogP contribution in [-0.2, 0) is 0 Å². The summed E-state index contributed by atoms with van der Waals surface area (Å²) in [6, 6.07) is 16.6. The molecule has 0 spiro atoms. The highest BCUT2D eigenvalue weighted by Crippen LogP contribution is 2.33. The van der Waals surface area contributed by atoms with Gasteiger partial charge in [0.25, 0.3) is 0 Å². The lowest BCUT2D eigenvalue weighted by Crippen LogP contribution is -2.51. The Hall–Kier alpha value is -1.94. The topological polar surface area (TPSA) is 12.5 Å². The summed E-state index contributed by atoms with van der Waals surface area (Å²) in [5, 5.41) is 0. The fraction of sp³-hybridized carbons (Fsp3) is 0.111. The highest BCUT2D eigenvalue weighted by Gasteiger charge is 2.32. The number of methoxy groups -OCH3 is 1. The van der Waals surface area contributed by atoms with E-state index in [4.69, 9.17) is 4.74 Å². The molecule has 2 aromatic rings. The number of nitrogens with zero attached hydrogens (tertiary/aromatic N) is 1. The van der Waals surface area contributed by atoms with Gasteiger partial charge in [0, 0.05) is 12.2 Å². The van der Waals surface area contributed by atoms with Crippen LogP contribution >= 0.6 is 15.9 Å². The minimum absolute atomic E-state index is 0.128. The Balaban J connectivity index is 2.11. The standard InChI is InChI=1S/C18H17BBrNO/c1-3-11-21-17-10-5-4-7-14(17)12-18(20)19(21)15-8-6-9-16(13-15)22-2/h3-10,12-13H,1,11H2,2H3. The molecule has 110 valence electrons. The van der Waals surface area contributed by atoms with Gasteiger partial charge >= 0.3 is 6.85 Å². The third-order valence-corrected chi connectivity index (χ3v) is 4.51. The van der Waals surface area contributed by atoms with Crippen LogP contribution in [0.4, 0.5) is 5.69 Å². The first-order valence-corrected chi connectivity index (χ1v) is 8.01. The van der Waals surface area contributed by atoms with Crippen molar-refractivity contribution < 1.29 is 4.74 Å². The molecule has 0 aromatic heterocycles. The molecule has 3 rings (SSSR count). The van der Waals surface area contributed by atoms with E-state index in [-0.39, 0.29) is 6.85 Å². The zero-order valence-corrected chi connectivity index (χ0v) is 14.1. The van der Waals surface area contributed by atoms with E-state index < -0.39 is 0 Å². The van der Waals surface area contributed by atoms with E-state index in [2.05, 4.69) is 69.8 Å². The van der Waals surface area contributed by atoms with Crippen molar-refractivity contribution in [1.82, 2.24) is 0 Å². The first-order valence-electron chi connectivity index (χ1n) is 7.22. The van der Waals surface area contributed by atoms with Crippen LogP contribution in [0.2, 0.25) is 0 Å². The van der Waals surface area contributed by atoms with E-state index in [0.29, 0.717) is 0 Å². The Kier molecular flexibility index (Phi) is 4.39. The largest absolute Gasteiger partial charge is 0.497 e. The molecular formula is C18H17BBrNO. The molecule has 0 bridgehead atoms. The smallest absolute Gasteiger partial charge is 0.331 e. The molecule has 22 heavy (non-hydrogen) atoms. The minimum Gasteiger partial charge on any atom is -0.497 e. The molecule has 1 aliphatic rings. The van der Waals surface area contributed by atoms with Gasteiger partial charge in [-0.3, -0.25) is 0 Å². The maximum atomic E-state index is 5.37. The second-order valence-electron chi connectivity index (χ2n) is 5.21. The second kappa shape index (κ2) is 6.45. The van der Waals surface area contributed by atoms with Crippen LogP contribution in [0.15, 0.2) is 65.6 Å². The highest BCUT2D eigenvalue weighted by molar-refractivity contribution is 9.12. The molecule has 2 nitrogen and oxygen atoms in total. The lowest BCUT2D eigenvalue weighted by atomic mass is 9.52. The number of fused-ring (bicyclic) bond motifs is 1. The van der Waals surface area contributed by atoms with Gasteiger partial charge in [0.1, 0.15) is 5.75 Å². The molecule has 4 heteroatoms. The number of halogens is 1. The predicted molar refractivity (Wildman–Crippen MR) is 99.3 cm³/mol. The fourth-order valence-electron chi connectivity index (χ4n) is 2.88. The van der Waals surface area contributed by atoms with Crippen molar-refractivity contribution in [1.29, 1.82) is 0 Å². The lowest BCUT2D eigenvalue weighted by Gasteiger charge is -2.35. The number of rotatable bonds is 4. The van der Waals surface area contributed by atoms with E-state index in [1.54, 1.807) is 7.11 Å². The first-order chi connectivity index (χ1) is 10.7. The van der Waals surface area contributed by atoms with Crippen molar-refractivity contribution in [2.45, 2.75) is 0 Å². The van der Waals surface area contributed by atoms with Crippen LogP contribution in [0.5, 0.6) is 5.75 Å². The number of benzene rings is 2. The molecule has 0 atom stereocenters. The van der Waals surface area contributed by atoms with Crippen molar-refractivity contribution in [2.24, 2.45) is 0 Å². The molecule has 0 saturated heterocycles. The van der Waals surface area contributed by atoms with Gasteiger partial charge in [-0.25, -0.2) is 0 Å². The number of hydrogen-bond acceptors (Lipinski definition) is 2. The van der Waals surface area contributed by atoms with E-state index in [1.807, 2.05) is 18.2 Å². The maximum Gasteiger partial charge on any atom is 0.331 e. The molecule has 0 unspecified atom stereocenters. The van der Waals surface area contributed by atoms with Gasteiger partial charge in [0.2, 0.25) is 0 Å². The van der Waals surface area contributed by atoms with Crippen molar-refractivity contribution in [3.05, 3.63) is 71.1 Å². The Morgan fingerprint density at radius 1 is 1.23 bits per heavy atom. The SMILES string of the molecule is C=CCN1B(c2cccc(OC)c2)C(Br)=Cc2ccccc21. The summed E-state index contributed by atoms with van der Waals surface area (Å²) in [4.78, 5) is 2.35. The summed E-state index contributed by atoms with van der Waals surface area (Å²) < 4.78 is 6.51. The van der Waals surface area contributed by atoms with Gasteiger partial charge in [-0.05, 0) is 39.7 Å². The molecular weight excluding hydrogens is 337 g/mol. The Labute approximate surface area is 140 Å². The van der Waals surface area contributed by atoms with Crippen LogP contribution < -0.4 is 15.0 Å². The average molecular weight is 354 g/mol. The second-order valence-corrected chi connectivity index (χ2v) is 6.12. The monoisotopic (exact) mass is 353 g/mol. The summed E-state index contributed by atoms with van der Waals surface area (Å²) in [5.74, 6) is 0.871. The molecule has 0 N–H and O–H groups in total. The predicted octanol–water partition coefficient (Wildman–Crippen LogP) is 3.87. The number of para-hydroxylation sites is 1. The molecule has 0 amide bonds. The number of hydrogen-bond donors (Lipinski definition) is 0. The van der Waals surface area contributed by atoms with Gasteiger partial charge in [0.05, 0.1) is 7.11 Å². The molecule has 0 aliphatic carbocycles. The molecule has 1 heterocycles. The number of anilines is 1. The third kappa shape index (κ3) is 2.71. The average Bonchev–Trinajstić information content (AvgIpc) is 2.55. The zero-order chi connectivity index (χ0) is 15.5. The van der Waals surface area contributed by atoms with Gasteiger partial charge in [0.15, 0.2) is 0 Å². The quantitative estimate of drug-likeness (QED) is 0.611. The van der Waals surface area contributed by atoms with E-state index >= 15 is 0 Å². The maximum absolute atomic E-state index is 5.37. The van der Waals surface area contributed by atoms with Crippen LogP contribution in [0.25, 0.3) is 6.08 Å². The number of ether oxygens (including phenoxy) is 1. The zero-order valence-electron chi connectivity index (χ0n) is 12.5. The first kappa shape index (κ1) is 15.0. The van der Waals surface area contributed by atoms with Crippen LogP contribution in [-0.4, -0.2) is 20.5 Å². The lowest BCUT2D eigenvalue weighted by molar-refractivity contribution is 0.415. The summed E-state index contributed by atoms with van der Waals surface area (Å²) >= 11 is 3.76. The van der Waals surface area contributed by atoms with Gasteiger partial charge in [-0.2, -0.15) is 0 Å². The molecule has 2 aromatic carbocycles.